The molecule has 0 aromatic heterocycles. The van der Waals surface area contributed by atoms with Gasteiger partial charge in [0.05, 0.1) is 5.41 Å². The molecule has 1 atom stereocenters. The summed E-state index contributed by atoms with van der Waals surface area (Å²) in [5.41, 5.74) is 5.74. The lowest BCUT2D eigenvalue weighted by molar-refractivity contribution is -0.141. The second-order valence-corrected chi connectivity index (χ2v) is 6.04. The van der Waals surface area contributed by atoms with Gasteiger partial charge in [0.2, 0.25) is 5.91 Å². The zero-order chi connectivity index (χ0) is 12.3. The van der Waals surface area contributed by atoms with E-state index < -0.39 is 0 Å². The average Bonchev–Trinajstić information content (AvgIpc) is 2.64. The third-order valence-electron chi connectivity index (χ3n) is 4.62. The van der Waals surface area contributed by atoms with Crippen LogP contribution in [0.4, 0.5) is 0 Å². The molecule has 2 rings (SSSR count). The molecule has 1 aliphatic heterocycles. The highest BCUT2D eigenvalue weighted by molar-refractivity contribution is 5.83. The van der Waals surface area contributed by atoms with Crippen molar-refractivity contribution in [1.82, 2.24) is 4.90 Å². The Labute approximate surface area is 105 Å². The summed E-state index contributed by atoms with van der Waals surface area (Å²) in [5, 5.41) is 0. The number of amides is 1. The molecule has 1 unspecified atom stereocenters. The normalized spacial score (nSPS) is 29.1. The van der Waals surface area contributed by atoms with E-state index in [1.54, 1.807) is 0 Å². The molecular weight excluding hydrogens is 212 g/mol. The predicted molar refractivity (Wildman–Crippen MR) is 69.6 cm³/mol. The second-order valence-electron chi connectivity index (χ2n) is 6.04. The van der Waals surface area contributed by atoms with Gasteiger partial charge in [0.15, 0.2) is 0 Å². The standard InChI is InChI=1S/C14H26N2O/c1-12-6-9-16(10-12)13(17)14(11-15)7-4-2-3-5-8-14/h12H,2-11,15H2,1H3. The zero-order valence-corrected chi connectivity index (χ0v) is 11.1. The maximum atomic E-state index is 12.7. The molecule has 0 aromatic carbocycles. The molecule has 0 radical (unpaired) electrons. The third kappa shape index (κ3) is 2.65. The maximum Gasteiger partial charge on any atom is 0.230 e. The van der Waals surface area contributed by atoms with Gasteiger partial charge in [-0.25, -0.2) is 0 Å². The topological polar surface area (TPSA) is 46.3 Å². The summed E-state index contributed by atoms with van der Waals surface area (Å²) in [5.74, 6) is 1.02. The number of carbonyl (C=O) groups is 1. The summed E-state index contributed by atoms with van der Waals surface area (Å²) in [4.78, 5) is 14.8. The first-order valence-corrected chi connectivity index (χ1v) is 7.17. The minimum atomic E-state index is -0.222. The van der Waals surface area contributed by atoms with Crippen LogP contribution in [0, 0.1) is 11.3 Å². The van der Waals surface area contributed by atoms with Crippen LogP contribution >= 0.6 is 0 Å². The molecule has 17 heavy (non-hydrogen) atoms. The molecule has 3 nitrogen and oxygen atoms in total. The Morgan fingerprint density at radius 3 is 2.41 bits per heavy atom. The predicted octanol–water partition coefficient (Wildman–Crippen LogP) is 2.15. The molecule has 1 saturated carbocycles. The van der Waals surface area contributed by atoms with Crippen LogP contribution in [0.1, 0.15) is 51.9 Å². The van der Waals surface area contributed by atoms with Crippen molar-refractivity contribution < 1.29 is 4.79 Å². The van der Waals surface area contributed by atoms with E-state index in [9.17, 15) is 4.79 Å². The summed E-state index contributed by atoms with van der Waals surface area (Å²) in [6, 6.07) is 0. The van der Waals surface area contributed by atoms with Gasteiger partial charge in [-0.1, -0.05) is 32.6 Å². The quantitative estimate of drug-likeness (QED) is 0.749. The molecule has 3 heteroatoms. The molecule has 1 saturated heterocycles. The van der Waals surface area contributed by atoms with Gasteiger partial charge in [0, 0.05) is 19.6 Å². The lowest BCUT2D eigenvalue weighted by atomic mass is 9.79. The molecule has 0 bridgehead atoms. The van der Waals surface area contributed by atoms with Crippen molar-refractivity contribution in [1.29, 1.82) is 0 Å². The highest BCUT2D eigenvalue weighted by Gasteiger charge is 2.41. The molecular formula is C14H26N2O. The maximum absolute atomic E-state index is 12.7. The number of likely N-dealkylation sites (tertiary alicyclic amines) is 1. The van der Waals surface area contributed by atoms with Gasteiger partial charge >= 0.3 is 0 Å². The second kappa shape index (κ2) is 5.38. The van der Waals surface area contributed by atoms with Crippen molar-refractivity contribution in [2.24, 2.45) is 17.1 Å². The van der Waals surface area contributed by atoms with Crippen LogP contribution in [0.15, 0.2) is 0 Å². The number of nitrogens with zero attached hydrogens (tertiary/aromatic N) is 1. The lowest BCUT2D eigenvalue weighted by Gasteiger charge is -2.34. The van der Waals surface area contributed by atoms with Gasteiger partial charge in [-0.15, -0.1) is 0 Å². The van der Waals surface area contributed by atoms with E-state index in [4.69, 9.17) is 5.73 Å². The highest BCUT2D eigenvalue weighted by atomic mass is 16.2. The van der Waals surface area contributed by atoms with E-state index in [-0.39, 0.29) is 5.41 Å². The average molecular weight is 238 g/mol. The molecule has 1 aliphatic carbocycles. The number of carbonyl (C=O) groups excluding carboxylic acids is 1. The summed E-state index contributed by atoms with van der Waals surface area (Å²) < 4.78 is 0. The van der Waals surface area contributed by atoms with Crippen molar-refractivity contribution in [3.63, 3.8) is 0 Å². The van der Waals surface area contributed by atoms with Gasteiger partial charge < -0.3 is 10.6 Å². The molecule has 0 aromatic rings. The SMILES string of the molecule is CC1CCN(C(=O)C2(CN)CCCCCC2)C1. The van der Waals surface area contributed by atoms with E-state index in [0.717, 1.165) is 32.4 Å². The van der Waals surface area contributed by atoms with Crippen molar-refractivity contribution >= 4 is 5.91 Å². The number of hydrogen-bond donors (Lipinski definition) is 1. The molecule has 1 heterocycles. The minimum Gasteiger partial charge on any atom is -0.342 e. The molecule has 2 N–H and O–H groups in total. The highest BCUT2D eigenvalue weighted by Crippen LogP contribution is 2.37. The fraction of sp³-hybridized carbons (Fsp3) is 0.929. The van der Waals surface area contributed by atoms with Gasteiger partial charge in [0.25, 0.3) is 0 Å². The molecule has 98 valence electrons. The van der Waals surface area contributed by atoms with E-state index in [1.165, 1.54) is 25.7 Å². The first-order valence-electron chi connectivity index (χ1n) is 7.17. The Kier molecular flexibility index (Phi) is 4.08. The minimum absolute atomic E-state index is 0.222. The number of nitrogens with two attached hydrogens (primary N) is 1. The summed E-state index contributed by atoms with van der Waals surface area (Å²) in [7, 11) is 0. The lowest BCUT2D eigenvalue weighted by Crippen LogP contribution is -2.47. The molecule has 2 aliphatic rings. The first-order chi connectivity index (χ1) is 8.18. The smallest absolute Gasteiger partial charge is 0.230 e. The van der Waals surface area contributed by atoms with Gasteiger partial charge in [-0.3, -0.25) is 4.79 Å². The van der Waals surface area contributed by atoms with E-state index in [1.807, 2.05) is 0 Å². The van der Waals surface area contributed by atoms with Gasteiger partial charge in [-0.05, 0) is 25.2 Å². The summed E-state index contributed by atoms with van der Waals surface area (Å²) >= 11 is 0. The third-order valence-corrected chi connectivity index (χ3v) is 4.62. The van der Waals surface area contributed by atoms with Crippen LogP contribution in [-0.4, -0.2) is 30.4 Å². The number of hydrogen-bond acceptors (Lipinski definition) is 2. The van der Waals surface area contributed by atoms with Crippen molar-refractivity contribution in [3.05, 3.63) is 0 Å². The van der Waals surface area contributed by atoms with Crippen LogP contribution in [0.2, 0.25) is 0 Å². The summed E-state index contributed by atoms with van der Waals surface area (Å²) in [6.45, 7) is 4.66. The largest absolute Gasteiger partial charge is 0.342 e. The van der Waals surface area contributed by atoms with E-state index in [0.29, 0.717) is 18.4 Å². The van der Waals surface area contributed by atoms with Crippen molar-refractivity contribution in [2.45, 2.75) is 51.9 Å². The summed E-state index contributed by atoms with van der Waals surface area (Å²) in [6.07, 6.45) is 8.06. The Bertz CT molecular complexity index is 269. The first kappa shape index (κ1) is 12.9. The van der Waals surface area contributed by atoms with Gasteiger partial charge in [-0.2, -0.15) is 0 Å². The molecule has 1 amide bonds. The van der Waals surface area contributed by atoms with Crippen molar-refractivity contribution in [3.8, 4) is 0 Å². The Morgan fingerprint density at radius 2 is 1.94 bits per heavy atom. The van der Waals surface area contributed by atoms with Crippen LogP contribution < -0.4 is 5.73 Å². The van der Waals surface area contributed by atoms with Crippen LogP contribution in [0.3, 0.4) is 0 Å². The Balaban J connectivity index is 2.07. The fourth-order valence-electron chi connectivity index (χ4n) is 3.37. The number of rotatable bonds is 2. The molecule has 2 fully saturated rings. The van der Waals surface area contributed by atoms with E-state index >= 15 is 0 Å². The fourth-order valence-corrected chi connectivity index (χ4v) is 3.37. The van der Waals surface area contributed by atoms with Crippen LogP contribution in [0.25, 0.3) is 0 Å². The van der Waals surface area contributed by atoms with Gasteiger partial charge in [0.1, 0.15) is 0 Å². The van der Waals surface area contributed by atoms with E-state index in [2.05, 4.69) is 11.8 Å². The molecule has 0 spiro atoms. The zero-order valence-electron chi connectivity index (χ0n) is 11.1. The Morgan fingerprint density at radius 1 is 1.29 bits per heavy atom. The van der Waals surface area contributed by atoms with Crippen LogP contribution in [-0.2, 0) is 4.79 Å². The van der Waals surface area contributed by atoms with Crippen molar-refractivity contribution in [2.75, 3.05) is 19.6 Å². The monoisotopic (exact) mass is 238 g/mol. The van der Waals surface area contributed by atoms with Crippen LogP contribution in [0.5, 0.6) is 0 Å². The Hall–Kier alpha value is -0.570.